The van der Waals surface area contributed by atoms with Crippen LogP contribution >= 0.6 is 15.9 Å². The van der Waals surface area contributed by atoms with Crippen LogP contribution in [0.1, 0.15) is 39.7 Å². The van der Waals surface area contributed by atoms with Crippen molar-refractivity contribution in [2.45, 2.75) is 52.3 Å². The van der Waals surface area contributed by atoms with E-state index in [1.54, 1.807) is 13.0 Å². The zero-order valence-corrected chi connectivity index (χ0v) is 14.0. The second-order valence-electron chi connectivity index (χ2n) is 5.71. The fourth-order valence-electron chi connectivity index (χ4n) is 1.62. The van der Waals surface area contributed by atoms with Gasteiger partial charge in [-0.2, -0.15) is 0 Å². The molecule has 0 saturated heterocycles. The molecule has 5 heteroatoms. The van der Waals surface area contributed by atoms with E-state index in [9.17, 15) is 4.79 Å². The van der Waals surface area contributed by atoms with E-state index in [1.807, 2.05) is 12.1 Å². The van der Waals surface area contributed by atoms with Crippen LogP contribution in [0.25, 0.3) is 0 Å². The first-order valence-corrected chi connectivity index (χ1v) is 7.45. The molecule has 0 amide bonds. The van der Waals surface area contributed by atoms with Crippen molar-refractivity contribution in [3.63, 3.8) is 0 Å². The molecule has 1 unspecified atom stereocenters. The SMILES string of the molecule is CCC(Oc1ccc(Br)cc1CNC(C)(C)C)C(=O)O. The Morgan fingerprint density at radius 1 is 1.45 bits per heavy atom. The molecular weight excluding hydrogens is 322 g/mol. The maximum absolute atomic E-state index is 11.1. The van der Waals surface area contributed by atoms with E-state index in [-0.39, 0.29) is 5.54 Å². The van der Waals surface area contributed by atoms with E-state index in [4.69, 9.17) is 9.84 Å². The summed E-state index contributed by atoms with van der Waals surface area (Å²) in [7, 11) is 0. The number of ether oxygens (including phenoxy) is 1. The second-order valence-corrected chi connectivity index (χ2v) is 6.62. The van der Waals surface area contributed by atoms with Crippen LogP contribution in [-0.2, 0) is 11.3 Å². The number of halogens is 1. The molecule has 0 aliphatic heterocycles. The highest BCUT2D eigenvalue weighted by Crippen LogP contribution is 2.25. The minimum Gasteiger partial charge on any atom is -0.479 e. The van der Waals surface area contributed by atoms with E-state index in [0.29, 0.717) is 18.7 Å². The normalized spacial score (nSPS) is 13.1. The van der Waals surface area contributed by atoms with Gasteiger partial charge >= 0.3 is 5.97 Å². The number of carboxylic acids is 1. The molecule has 4 nitrogen and oxygen atoms in total. The van der Waals surface area contributed by atoms with Crippen molar-refractivity contribution >= 4 is 21.9 Å². The molecule has 0 spiro atoms. The number of benzene rings is 1. The van der Waals surface area contributed by atoms with E-state index in [1.165, 1.54) is 0 Å². The Kier molecular flexibility index (Phi) is 6.02. The van der Waals surface area contributed by atoms with Crippen molar-refractivity contribution in [3.8, 4) is 5.75 Å². The smallest absolute Gasteiger partial charge is 0.344 e. The Hall–Kier alpha value is -1.07. The molecule has 1 aromatic rings. The lowest BCUT2D eigenvalue weighted by Gasteiger charge is -2.22. The van der Waals surface area contributed by atoms with E-state index in [0.717, 1.165) is 10.0 Å². The van der Waals surface area contributed by atoms with Crippen LogP contribution < -0.4 is 10.1 Å². The Morgan fingerprint density at radius 2 is 2.10 bits per heavy atom. The van der Waals surface area contributed by atoms with Gasteiger partial charge in [-0.15, -0.1) is 0 Å². The Balaban J connectivity index is 2.92. The van der Waals surface area contributed by atoms with Crippen LogP contribution in [0.3, 0.4) is 0 Å². The van der Waals surface area contributed by atoms with E-state index in [2.05, 4.69) is 42.0 Å². The van der Waals surface area contributed by atoms with Gasteiger partial charge in [-0.25, -0.2) is 4.79 Å². The number of hydrogen-bond donors (Lipinski definition) is 2. The molecule has 0 heterocycles. The predicted octanol–water partition coefficient (Wildman–Crippen LogP) is 3.58. The largest absolute Gasteiger partial charge is 0.479 e. The topological polar surface area (TPSA) is 58.6 Å². The summed E-state index contributed by atoms with van der Waals surface area (Å²) < 4.78 is 6.56. The first-order chi connectivity index (χ1) is 9.23. The van der Waals surface area contributed by atoms with Crippen molar-refractivity contribution in [2.24, 2.45) is 0 Å². The molecule has 0 aromatic heterocycles. The van der Waals surface area contributed by atoms with Crippen LogP contribution in [0.5, 0.6) is 5.75 Å². The van der Waals surface area contributed by atoms with Gasteiger partial charge in [0.25, 0.3) is 0 Å². The summed E-state index contributed by atoms with van der Waals surface area (Å²) in [4.78, 5) is 11.1. The minimum absolute atomic E-state index is 0.0173. The van der Waals surface area contributed by atoms with Gasteiger partial charge in [-0.3, -0.25) is 0 Å². The van der Waals surface area contributed by atoms with Gasteiger partial charge in [-0.1, -0.05) is 22.9 Å². The standard InChI is InChI=1S/C15H22BrNO3/c1-5-12(14(18)19)20-13-7-6-11(16)8-10(13)9-17-15(2,3)4/h6-8,12,17H,5,9H2,1-4H3,(H,18,19). The Morgan fingerprint density at radius 3 is 2.60 bits per heavy atom. The number of hydrogen-bond acceptors (Lipinski definition) is 3. The summed E-state index contributed by atoms with van der Waals surface area (Å²) in [5.41, 5.74) is 0.922. The van der Waals surface area contributed by atoms with Gasteiger partial charge in [0.2, 0.25) is 0 Å². The molecule has 0 bridgehead atoms. The highest BCUT2D eigenvalue weighted by Gasteiger charge is 2.19. The molecule has 20 heavy (non-hydrogen) atoms. The van der Waals surface area contributed by atoms with Gasteiger partial charge in [-0.05, 0) is 45.4 Å². The Bertz CT molecular complexity index is 469. The molecule has 1 rings (SSSR count). The third-order valence-electron chi connectivity index (χ3n) is 2.75. The van der Waals surface area contributed by atoms with Crippen molar-refractivity contribution in [1.82, 2.24) is 5.32 Å². The number of aliphatic carboxylic acids is 1. The maximum Gasteiger partial charge on any atom is 0.344 e. The minimum atomic E-state index is -0.940. The van der Waals surface area contributed by atoms with Gasteiger partial charge in [0.1, 0.15) is 5.75 Å². The molecular formula is C15H22BrNO3. The van der Waals surface area contributed by atoms with Crippen molar-refractivity contribution in [2.75, 3.05) is 0 Å². The lowest BCUT2D eigenvalue weighted by atomic mass is 10.1. The number of carboxylic acid groups (broad SMARTS) is 1. The fraction of sp³-hybridized carbons (Fsp3) is 0.533. The predicted molar refractivity (Wildman–Crippen MR) is 83.1 cm³/mol. The molecule has 0 saturated carbocycles. The number of nitrogens with one attached hydrogen (secondary N) is 1. The summed E-state index contributed by atoms with van der Waals surface area (Å²) in [5.74, 6) is -0.329. The quantitative estimate of drug-likeness (QED) is 0.828. The summed E-state index contributed by atoms with van der Waals surface area (Å²) in [5, 5.41) is 12.5. The number of carbonyl (C=O) groups is 1. The summed E-state index contributed by atoms with van der Waals surface area (Å²) in [6, 6.07) is 5.60. The molecule has 0 fully saturated rings. The highest BCUT2D eigenvalue weighted by molar-refractivity contribution is 9.10. The average molecular weight is 344 g/mol. The van der Waals surface area contributed by atoms with Crippen LogP contribution in [0.4, 0.5) is 0 Å². The van der Waals surface area contributed by atoms with Crippen molar-refractivity contribution < 1.29 is 14.6 Å². The van der Waals surface area contributed by atoms with Crippen LogP contribution in [-0.4, -0.2) is 22.7 Å². The van der Waals surface area contributed by atoms with E-state index >= 15 is 0 Å². The van der Waals surface area contributed by atoms with Crippen LogP contribution in [0.2, 0.25) is 0 Å². The molecule has 1 atom stereocenters. The Labute approximate surface area is 128 Å². The fourth-order valence-corrected chi connectivity index (χ4v) is 2.03. The third-order valence-corrected chi connectivity index (χ3v) is 3.24. The summed E-state index contributed by atoms with van der Waals surface area (Å²) >= 11 is 3.43. The third kappa shape index (κ3) is 5.51. The van der Waals surface area contributed by atoms with Gasteiger partial charge in [0.15, 0.2) is 6.10 Å². The monoisotopic (exact) mass is 343 g/mol. The van der Waals surface area contributed by atoms with Gasteiger partial charge in [0, 0.05) is 22.1 Å². The molecule has 2 N–H and O–H groups in total. The summed E-state index contributed by atoms with van der Waals surface area (Å²) in [6.45, 7) is 8.66. The molecule has 0 aliphatic rings. The molecule has 112 valence electrons. The molecule has 0 aliphatic carbocycles. The first-order valence-electron chi connectivity index (χ1n) is 6.66. The maximum atomic E-state index is 11.1. The lowest BCUT2D eigenvalue weighted by Crippen LogP contribution is -2.35. The summed E-state index contributed by atoms with van der Waals surface area (Å²) in [6.07, 6.45) is -0.387. The molecule has 1 aromatic carbocycles. The highest BCUT2D eigenvalue weighted by atomic mass is 79.9. The van der Waals surface area contributed by atoms with E-state index < -0.39 is 12.1 Å². The first kappa shape index (κ1) is 17.0. The van der Waals surface area contributed by atoms with Crippen molar-refractivity contribution in [3.05, 3.63) is 28.2 Å². The van der Waals surface area contributed by atoms with Crippen molar-refractivity contribution in [1.29, 1.82) is 0 Å². The number of rotatable bonds is 6. The second kappa shape index (κ2) is 7.09. The van der Waals surface area contributed by atoms with Gasteiger partial charge in [0.05, 0.1) is 0 Å². The van der Waals surface area contributed by atoms with Crippen LogP contribution in [0.15, 0.2) is 22.7 Å². The molecule has 0 radical (unpaired) electrons. The van der Waals surface area contributed by atoms with Crippen LogP contribution in [0, 0.1) is 0 Å². The van der Waals surface area contributed by atoms with Gasteiger partial charge < -0.3 is 15.2 Å². The zero-order chi connectivity index (χ0) is 15.3. The zero-order valence-electron chi connectivity index (χ0n) is 12.4. The average Bonchev–Trinajstić information content (AvgIpc) is 2.33. The lowest BCUT2D eigenvalue weighted by molar-refractivity contribution is -0.145.